The van der Waals surface area contributed by atoms with Gasteiger partial charge in [0.15, 0.2) is 6.19 Å². The smallest absolute Gasteiger partial charge is 0.219 e. The molecule has 0 bridgehead atoms. The van der Waals surface area contributed by atoms with Crippen molar-refractivity contribution in [3.8, 4) is 6.19 Å². The Morgan fingerprint density at radius 2 is 2.11 bits per heavy atom. The van der Waals surface area contributed by atoms with Gasteiger partial charge in [0.05, 0.1) is 0 Å². The van der Waals surface area contributed by atoms with Crippen LogP contribution >= 0.6 is 0 Å². The van der Waals surface area contributed by atoms with Gasteiger partial charge in [0.2, 0.25) is 0 Å². The van der Waals surface area contributed by atoms with Crippen molar-refractivity contribution in [3.63, 3.8) is 0 Å². The molecule has 0 aliphatic heterocycles. The highest BCUT2D eigenvalue weighted by atomic mass is 32.2. The van der Waals surface area contributed by atoms with E-state index in [2.05, 4.69) is 0 Å². The molecule has 9 heavy (non-hydrogen) atoms. The fourth-order valence-corrected chi connectivity index (χ4v) is 1.15. The van der Waals surface area contributed by atoms with Crippen LogP contribution in [0.1, 0.15) is 0 Å². The van der Waals surface area contributed by atoms with Gasteiger partial charge in [-0.05, 0) is 0 Å². The van der Waals surface area contributed by atoms with Crippen LogP contribution in [0.5, 0.6) is 0 Å². The van der Waals surface area contributed by atoms with Gasteiger partial charge in [-0.2, -0.15) is 5.26 Å². The highest BCUT2D eigenvalue weighted by Gasteiger charge is 2.27. The topological polar surface area (TPSA) is 70.0 Å². The molecule has 0 aromatic heterocycles. The van der Waals surface area contributed by atoms with E-state index < -0.39 is 15.3 Å². The molecule has 0 amide bonds. The van der Waals surface area contributed by atoms with Gasteiger partial charge in [-0.25, -0.2) is 13.1 Å². The molecule has 0 aromatic carbocycles. The van der Waals surface area contributed by atoms with Gasteiger partial charge in [0.25, 0.3) is 10.0 Å². The average Bonchev–Trinajstić information content (AvgIpc) is 2.41. The summed E-state index contributed by atoms with van der Waals surface area (Å²) in [5.74, 6) is 0. The molecule has 4 nitrogen and oxygen atoms in total. The normalized spacial score (nSPS) is 16.8. The summed E-state index contributed by atoms with van der Waals surface area (Å²) >= 11 is 0. The van der Waals surface area contributed by atoms with Crippen molar-refractivity contribution in [1.29, 1.82) is 5.26 Å². The van der Waals surface area contributed by atoms with E-state index in [-0.39, 0.29) is 0 Å². The van der Waals surface area contributed by atoms with Crippen molar-refractivity contribution in [3.05, 3.63) is 12.2 Å². The number of sulfonamides is 1. The van der Waals surface area contributed by atoms with Gasteiger partial charge in [-0.3, -0.25) is 0 Å². The lowest BCUT2D eigenvalue weighted by molar-refractivity contribution is 0.592. The zero-order chi connectivity index (χ0) is 6.91. The minimum Gasteiger partial charge on any atom is -0.219 e. The summed E-state index contributed by atoms with van der Waals surface area (Å²) < 4.78 is 22.9. The Morgan fingerprint density at radius 3 is 2.44 bits per heavy atom. The van der Waals surface area contributed by atoms with Crippen molar-refractivity contribution in [2.45, 2.75) is 5.25 Å². The van der Waals surface area contributed by atoms with Gasteiger partial charge in [-0.15, -0.1) is 0 Å². The highest BCUT2D eigenvalue weighted by molar-refractivity contribution is 7.90. The van der Waals surface area contributed by atoms with Crippen LogP contribution in [0, 0.1) is 11.5 Å². The van der Waals surface area contributed by atoms with Crippen LogP contribution in [0.2, 0.25) is 0 Å². The maximum Gasteiger partial charge on any atom is 0.250 e. The number of nitriles is 1. The monoisotopic (exact) mass is 144 g/mol. The fourth-order valence-electron chi connectivity index (χ4n) is 0.384. The van der Waals surface area contributed by atoms with Crippen LogP contribution in [0.25, 0.3) is 0 Å². The number of hydrogen-bond donors (Lipinski definition) is 1. The number of nitrogens with one attached hydrogen (secondary N) is 1. The molecule has 0 fully saturated rings. The van der Waals surface area contributed by atoms with Crippen LogP contribution < -0.4 is 4.72 Å². The Bertz CT molecular complexity index is 265. The summed E-state index contributed by atoms with van der Waals surface area (Å²) in [5.41, 5.74) is 0. The maximum absolute atomic E-state index is 10.6. The van der Waals surface area contributed by atoms with E-state index in [4.69, 9.17) is 5.26 Å². The van der Waals surface area contributed by atoms with Crippen molar-refractivity contribution in [2.24, 2.45) is 0 Å². The maximum atomic E-state index is 10.6. The molecule has 1 aliphatic rings. The van der Waals surface area contributed by atoms with Crippen LogP contribution in [0.3, 0.4) is 0 Å². The molecular formula is C4H4N2O2S. The summed E-state index contributed by atoms with van der Waals surface area (Å²) in [4.78, 5) is 0. The van der Waals surface area contributed by atoms with Gasteiger partial charge in [0.1, 0.15) is 5.25 Å². The van der Waals surface area contributed by atoms with E-state index in [9.17, 15) is 8.42 Å². The van der Waals surface area contributed by atoms with E-state index >= 15 is 0 Å². The Labute approximate surface area is 52.8 Å². The molecule has 0 unspecified atom stereocenters. The molecule has 0 aromatic rings. The molecule has 1 rings (SSSR count). The predicted octanol–water partition coefficient (Wildman–Crippen LogP) is -0.675. The fraction of sp³-hybridized carbons (Fsp3) is 0.250. The minimum atomic E-state index is -3.36. The third-order valence-electron chi connectivity index (χ3n) is 0.896. The molecule has 1 aliphatic carbocycles. The lowest BCUT2D eigenvalue weighted by atomic mass is 10.9. The second-order valence-electron chi connectivity index (χ2n) is 1.61. The van der Waals surface area contributed by atoms with Crippen molar-refractivity contribution in [1.82, 2.24) is 4.72 Å². The standard InChI is InChI=1S/C4H4N2O2S/c5-3-6-9(7,8)4-1-2-4/h1-2,4,6H. The Kier molecular flexibility index (Phi) is 1.18. The molecule has 0 saturated heterocycles. The van der Waals surface area contributed by atoms with Crippen LogP contribution in [-0.4, -0.2) is 13.7 Å². The lowest BCUT2D eigenvalue weighted by Crippen LogP contribution is -2.22. The summed E-state index contributed by atoms with van der Waals surface area (Å²) in [6, 6.07) is 0. The first kappa shape index (κ1) is 6.11. The van der Waals surface area contributed by atoms with Gasteiger partial charge in [0, 0.05) is 0 Å². The number of rotatable bonds is 2. The Morgan fingerprint density at radius 1 is 1.56 bits per heavy atom. The second kappa shape index (κ2) is 1.74. The van der Waals surface area contributed by atoms with E-state index in [0.717, 1.165) is 0 Å². The van der Waals surface area contributed by atoms with Crippen LogP contribution in [-0.2, 0) is 10.0 Å². The Hall–Kier alpha value is -1.02. The molecule has 5 heteroatoms. The molecule has 0 spiro atoms. The van der Waals surface area contributed by atoms with Gasteiger partial charge in [-0.1, -0.05) is 12.2 Å². The lowest BCUT2D eigenvalue weighted by Gasteiger charge is -1.94. The third-order valence-corrected chi connectivity index (χ3v) is 2.30. The largest absolute Gasteiger partial charge is 0.250 e. The highest BCUT2D eigenvalue weighted by Crippen LogP contribution is 2.14. The number of nitrogens with zero attached hydrogens (tertiary/aromatic N) is 1. The minimum absolute atomic E-state index is 0.544. The van der Waals surface area contributed by atoms with E-state index in [1.54, 1.807) is 4.72 Å². The SMILES string of the molecule is N#CNS(=O)(=O)C1C=C1. The number of hydrogen-bond acceptors (Lipinski definition) is 3. The average molecular weight is 144 g/mol. The van der Waals surface area contributed by atoms with E-state index in [1.165, 1.54) is 18.3 Å². The first-order chi connectivity index (χ1) is 4.17. The molecule has 0 radical (unpaired) electrons. The van der Waals surface area contributed by atoms with E-state index in [1.807, 2.05) is 0 Å². The summed E-state index contributed by atoms with van der Waals surface area (Å²) in [7, 11) is -3.36. The quantitative estimate of drug-likeness (QED) is 0.317. The summed E-state index contributed by atoms with van der Waals surface area (Å²) in [6.45, 7) is 0. The van der Waals surface area contributed by atoms with Crippen LogP contribution in [0.15, 0.2) is 12.2 Å². The zero-order valence-corrected chi connectivity index (χ0v) is 5.22. The second-order valence-corrected chi connectivity index (χ2v) is 3.45. The molecule has 0 atom stereocenters. The third kappa shape index (κ3) is 1.21. The summed E-state index contributed by atoms with van der Waals surface area (Å²) in [5, 5.41) is 7.37. The zero-order valence-electron chi connectivity index (χ0n) is 4.40. The van der Waals surface area contributed by atoms with Gasteiger partial charge >= 0.3 is 0 Å². The molecular weight excluding hydrogens is 140 g/mol. The van der Waals surface area contributed by atoms with Gasteiger partial charge < -0.3 is 0 Å². The summed E-state index contributed by atoms with van der Waals surface area (Å²) in [6.07, 6.45) is 4.35. The van der Waals surface area contributed by atoms with Crippen molar-refractivity contribution in [2.75, 3.05) is 0 Å². The Balaban J connectivity index is 2.65. The first-order valence-corrected chi connectivity index (χ1v) is 3.79. The molecule has 0 saturated carbocycles. The van der Waals surface area contributed by atoms with Crippen LogP contribution in [0.4, 0.5) is 0 Å². The molecule has 0 heterocycles. The predicted molar refractivity (Wildman–Crippen MR) is 30.6 cm³/mol. The van der Waals surface area contributed by atoms with Crippen molar-refractivity contribution >= 4 is 10.0 Å². The van der Waals surface area contributed by atoms with Crippen molar-refractivity contribution < 1.29 is 8.42 Å². The molecule has 1 N–H and O–H groups in total. The first-order valence-electron chi connectivity index (χ1n) is 2.25. The van der Waals surface area contributed by atoms with E-state index in [0.29, 0.717) is 0 Å². The molecule has 48 valence electrons.